The number of aromatic amines is 1. The van der Waals surface area contributed by atoms with Gasteiger partial charge in [-0.25, -0.2) is 4.98 Å². The molecule has 3 N–H and O–H groups in total. The number of benzene rings is 1. The second kappa shape index (κ2) is 7.47. The second-order valence-electron chi connectivity index (χ2n) is 12.7. The van der Waals surface area contributed by atoms with Crippen molar-refractivity contribution in [2.24, 2.45) is 34.5 Å². The van der Waals surface area contributed by atoms with Crippen LogP contribution in [0.3, 0.4) is 0 Å². The average Bonchev–Trinajstić information content (AvgIpc) is 3.56. The third-order valence-electron chi connectivity index (χ3n) is 10.4. The number of carbonyl (C=O) groups is 2. The van der Waals surface area contributed by atoms with Crippen LogP contribution in [0.5, 0.6) is 5.75 Å². The predicted octanol–water partition coefficient (Wildman–Crippen LogP) is 4.88. The lowest BCUT2D eigenvalue weighted by Crippen LogP contribution is -2.58. The van der Waals surface area contributed by atoms with Gasteiger partial charge < -0.3 is 20.1 Å². The molecule has 7 heteroatoms. The van der Waals surface area contributed by atoms with E-state index in [2.05, 4.69) is 10.3 Å². The van der Waals surface area contributed by atoms with E-state index in [1.165, 1.54) is 25.7 Å². The van der Waals surface area contributed by atoms with Crippen molar-refractivity contribution in [3.8, 4) is 5.75 Å². The topological polar surface area (TPSA) is 104 Å². The number of carbonyl (C=O) groups excluding carboxylic acids is 1. The van der Waals surface area contributed by atoms with Crippen LogP contribution in [-0.4, -0.2) is 40.6 Å². The molecule has 6 saturated carbocycles. The number of hydrogen-bond acceptors (Lipinski definition) is 4. The quantitative estimate of drug-likeness (QED) is 0.550. The molecule has 6 aliphatic rings. The van der Waals surface area contributed by atoms with Crippen molar-refractivity contribution in [1.29, 1.82) is 0 Å². The average molecular weight is 478 g/mol. The van der Waals surface area contributed by atoms with Gasteiger partial charge in [0.2, 0.25) is 0 Å². The number of fused-ring (bicyclic) bond motifs is 3. The zero-order valence-corrected chi connectivity index (χ0v) is 20.4. The Balaban J connectivity index is 1.15. The SMILES string of the molecule is COc1ccc(C(=O)NCC23CC4CC(C2)CC(C(=O)O)(C4)C3)c2nc(C3CC4CCC3C4)[nH]c12. The van der Waals surface area contributed by atoms with Crippen molar-refractivity contribution in [1.82, 2.24) is 15.3 Å². The van der Waals surface area contributed by atoms with E-state index in [0.717, 1.165) is 49.4 Å². The Kier molecular flexibility index (Phi) is 4.63. The van der Waals surface area contributed by atoms with Crippen LogP contribution in [0.25, 0.3) is 11.0 Å². The zero-order chi connectivity index (χ0) is 23.9. The van der Waals surface area contributed by atoms with E-state index in [-0.39, 0.29) is 11.3 Å². The Morgan fingerprint density at radius 2 is 1.91 bits per heavy atom. The van der Waals surface area contributed by atoms with Crippen molar-refractivity contribution in [3.63, 3.8) is 0 Å². The molecule has 0 aliphatic heterocycles. The molecule has 8 rings (SSSR count). The fourth-order valence-electron chi connectivity index (χ4n) is 9.47. The molecule has 6 fully saturated rings. The Labute approximate surface area is 205 Å². The van der Waals surface area contributed by atoms with Crippen molar-refractivity contribution in [2.75, 3.05) is 13.7 Å². The highest BCUT2D eigenvalue weighted by Gasteiger charge is 2.60. The minimum Gasteiger partial charge on any atom is -0.494 e. The Morgan fingerprint density at radius 1 is 1.11 bits per heavy atom. The highest BCUT2D eigenvalue weighted by atomic mass is 16.5. The first-order chi connectivity index (χ1) is 16.9. The molecule has 2 aromatic rings. The van der Waals surface area contributed by atoms with Crippen molar-refractivity contribution in [3.05, 3.63) is 23.5 Å². The van der Waals surface area contributed by atoms with Gasteiger partial charge in [-0.1, -0.05) is 6.42 Å². The van der Waals surface area contributed by atoms with Crippen LogP contribution in [0.4, 0.5) is 0 Å². The van der Waals surface area contributed by atoms with E-state index in [1.54, 1.807) is 7.11 Å². The van der Waals surface area contributed by atoms with Gasteiger partial charge in [-0.05, 0) is 99.0 Å². The van der Waals surface area contributed by atoms with Gasteiger partial charge in [0.1, 0.15) is 22.6 Å². The number of H-pyrrole nitrogens is 1. The molecule has 7 nitrogen and oxygen atoms in total. The van der Waals surface area contributed by atoms with Crippen LogP contribution in [-0.2, 0) is 4.79 Å². The highest BCUT2D eigenvalue weighted by Crippen LogP contribution is 2.65. The zero-order valence-electron chi connectivity index (χ0n) is 20.4. The summed E-state index contributed by atoms with van der Waals surface area (Å²) in [6.07, 6.45) is 10.6. The van der Waals surface area contributed by atoms with Crippen LogP contribution in [0.1, 0.15) is 86.3 Å². The molecule has 0 spiro atoms. The summed E-state index contributed by atoms with van der Waals surface area (Å²) < 4.78 is 5.60. The van der Waals surface area contributed by atoms with Crippen LogP contribution < -0.4 is 10.1 Å². The molecule has 186 valence electrons. The maximum absolute atomic E-state index is 13.5. The summed E-state index contributed by atoms with van der Waals surface area (Å²) in [7, 11) is 1.65. The first kappa shape index (κ1) is 21.7. The standard InChI is InChI=1S/C28H35N3O4/c1-35-21-5-4-19(22-23(21)31-24(30-22)20-8-15-2-3-18(20)7-15)25(32)29-14-27-9-16-6-17(10-27)12-28(11-16,13-27)26(33)34/h4-5,15-18,20H,2-3,6-14H2,1H3,(H,29,32)(H,30,31)(H,33,34). The van der Waals surface area contributed by atoms with E-state index in [9.17, 15) is 14.7 Å². The van der Waals surface area contributed by atoms with Crippen LogP contribution in [0.15, 0.2) is 12.1 Å². The van der Waals surface area contributed by atoms with Gasteiger partial charge in [0.15, 0.2) is 0 Å². The van der Waals surface area contributed by atoms with Gasteiger partial charge in [0.25, 0.3) is 5.91 Å². The number of imidazole rings is 1. The molecule has 5 atom stereocenters. The molecular weight excluding hydrogens is 442 g/mol. The summed E-state index contributed by atoms with van der Waals surface area (Å²) in [5.74, 6) is 3.87. The van der Waals surface area contributed by atoms with Gasteiger partial charge in [0, 0.05) is 12.5 Å². The summed E-state index contributed by atoms with van der Waals surface area (Å²) in [5, 5.41) is 13.3. The Hall–Kier alpha value is -2.57. The largest absolute Gasteiger partial charge is 0.494 e. The molecule has 35 heavy (non-hydrogen) atoms. The fourth-order valence-corrected chi connectivity index (χ4v) is 9.47. The lowest BCUT2D eigenvalue weighted by molar-refractivity contribution is -0.174. The van der Waals surface area contributed by atoms with Crippen molar-refractivity contribution >= 4 is 22.9 Å². The number of hydrogen-bond donors (Lipinski definition) is 3. The van der Waals surface area contributed by atoms with Gasteiger partial charge in [-0.15, -0.1) is 0 Å². The first-order valence-corrected chi connectivity index (χ1v) is 13.5. The second-order valence-corrected chi connectivity index (χ2v) is 12.7. The number of rotatable bonds is 6. The van der Waals surface area contributed by atoms with Crippen LogP contribution in [0, 0.1) is 34.5 Å². The van der Waals surface area contributed by atoms with E-state index in [1.807, 2.05) is 12.1 Å². The number of nitrogens with one attached hydrogen (secondary N) is 2. The number of aromatic nitrogens is 2. The monoisotopic (exact) mass is 477 g/mol. The van der Waals surface area contributed by atoms with E-state index >= 15 is 0 Å². The van der Waals surface area contributed by atoms with Crippen molar-refractivity contribution in [2.45, 2.75) is 70.1 Å². The number of nitrogens with zero attached hydrogens (tertiary/aromatic N) is 1. The maximum Gasteiger partial charge on any atom is 0.309 e. The molecular formula is C28H35N3O4. The third kappa shape index (κ3) is 3.26. The molecule has 1 amide bonds. The molecule has 0 saturated heterocycles. The number of ether oxygens (including phenoxy) is 1. The third-order valence-corrected chi connectivity index (χ3v) is 10.4. The summed E-state index contributed by atoms with van der Waals surface area (Å²) in [5.41, 5.74) is 1.39. The molecule has 1 aromatic heterocycles. The van der Waals surface area contributed by atoms with E-state index < -0.39 is 11.4 Å². The van der Waals surface area contributed by atoms with E-state index in [4.69, 9.17) is 9.72 Å². The number of carboxylic acids is 1. The minimum atomic E-state index is -0.635. The normalized spacial score (nSPS) is 38.8. The molecule has 1 heterocycles. The first-order valence-electron chi connectivity index (χ1n) is 13.5. The smallest absolute Gasteiger partial charge is 0.309 e. The number of methoxy groups -OCH3 is 1. The molecule has 5 unspecified atom stereocenters. The van der Waals surface area contributed by atoms with Gasteiger partial charge in [0.05, 0.1) is 18.1 Å². The van der Waals surface area contributed by atoms with Crippen LogP contribution >= 0.6 is 0 Å². The lowest BCUT2D eigenvalue weighted by Gasteiger charge is -2.60. The molecule has 6 aliphatic carbocycles. The van der Waals surface area contributed by atoms with Gasteiger partial charge >= 0.3 is 5.97 Å². The predicted molar refractivity (Wildman–Crippen MR) is 130 cm³/mol. The Morgan fingerprint density at radius 3 is 2.57 bits per heavy atom. The molecule has 0 radical (unpaired) electrons. The summed E-state index contributed by atoms with van der Waals surface area (Å²) in [6.45, 7) is 0.547. The van der Waals surface area contributed by atoms with Crippen molar-refractivity contribution < 1.29 is 19.4 Å². The number of aliphatic carboxylic acids is 1. The maximum atomic E-state index is 13.5. The van der Waals surface area contributed by atoms with Crippen LogP contribution in [0.2, 0.25) is 0 Å². The summed E-state index contributed by atoms with van der Waals surface area (Å²) >= 11 is 0. The van der Waals surface area contributed by atoms with E-state index in [0.29, 0.717) is 53.5 Å². The fraction of sp³-hybridized carbons (Fsp3) is 0.679. The highest BCUT2D eigenvalue weighted by molar-refractivity contribution is 6.06. The van der Waals surface area contributed by atoms with Gasteiger partial charge in [-0.2, -0.15) is 0 Å². The van der Waals surface area contributed by atoms with Gasteiger partial charge in [-0.3, -0.25) is 9.59 Å². The summed E-state index contributed by atoms with van der Waals surface area (Å²) in [4.78, 5) is 34.2. The summed E-state index contributed by atoms with van der Waals surface area (Å²) in [6, 6.07) is 3.67. The number of carboxylic acid groups (broad SMARTS) is 1. The lowest BCUT2D eigenvalue weighted by atomic mass is 9.44. The number of amides is 1. The Bertz CT molecular complexity index is 1200. The molecule has 6 bridgehead atoms. The molecule has 1 aromatic carbocycles. The minimum absolute atomic E-state index is 0.0937.